The van der Waals surface area contributed by atoms with Crippen molar-refractivity contribution in [3.8, 4) is 0 Å². The first-order valence-corrected chi connectivity index (χ1v) is 8.18. The van der Waals surface area contributed by atoms with E-state index in [0.717, 1.165) is 25.1 Å². The second-order valence-electron chi connectivity index (χ2n) is 6.49. The Bertz CT molecular complexity index is 572. The summed E-state index contributed by atoms with van der Waals surface area (Å²) in [6.07, 6.45) is 8.53. The molecule has 0 unspecified atom stereocenters. The average molecular weight is 288 g/mol. The van der Waals surface area contributed by atoms with Crippen LogP contribution in [-0.4, -0.2) is 28.4 Å². The number of likely N-dealkylation sites (tertiary alicyclic amines) is 1. The summed E-state index contributed by atoms with van der Waals surface area (Å²) in [6, 6.07) is 3.83. The van der Waals surface area contributed by atoms with Gasteiger partial charge in [-0.1, -0.05) is 19.3 Å². The topological polar surface area (TPSA) is 53.2 Å². The van der Waals surface area contributed by atoms with Crippen LogP contribution in [0.1, 0.15) is 61.0 Å². The third-order valence-electron chi connectivity index (χ3n) is 5.04. The predicted molar refractivity (Wildman–Crippen MR) is 82.4 cm³/mol. The first-order chi connectivity index (χ1) is 10.2. The summed E-state index contributed by atoms with van der Waals surface area (Å²) >= 11 is 0. The van der Waals surface area contributed by atoms with Crippen LogP contribution in [0.5, 0.6) is 0 Å². The summed E-state index contributed by atoms with van der Waals surface area (Å²) in [5.74, 6) is 0.555. The molecular formula is C17H24N2O2. The van der Waals surface area contributed by atoms with Crippen LogP contribution in [0.2, 0.25) is 0 Å². The van der Waals surface area contributed by atoms with Gasteiger partial charge in [0.2, 0.25) is 0 Å². The summed E-state index contributed by atoms with van der Waals surface area (Å²) in [4.78, 5) is 29.5. The van der Waals surface area contributed by atoms with E-state index in [4.69, 9.17) is 0 Å². The fourth-order valence-electron chi connectivity index (χ4n) is 3.95. The number of pyridine rings is 1. The normalized spacial score (nSPS) is 23.5. The van der Waals surface area contributed by atoms with Crippen LogP contribution < -0.4 is 5.56 Å². The van der Waals surface area contributed by atoms with E-state index in [1.54, 1.807) is 12.1 Å². The van der Waals surface area contributed by atoms with Crippen LogP contribution in [0.4, 0.5) is 0 Å². The van der Waals surface area contributed by atoms with Gasteiger partial charge < -0.3 is 9.88 Å². The van der Waals surface area contributed by atoms with E-state index in [1.807, 2.05) is 11.8 Å². The second kappa shape index (κ2) is 6.04. The Morgan fingerprint density at radius 2 is 1.90 bits per heavy atom. The van der Waals surface area contributed by atoms with Crippen LogP contribution in [0, 0.1) is 12.8 Å². The smallest absolute Gasteiger partial charge is 0.260 e. The van der Waals surface area contributed by atoms with Crippen molar-refractivity contribution < 1.29 is 4.79 Å². The SMILES string of the molecule is Cc1ccc(C(=O)N2CCC[C@H]2C2CCCCC2)c(=O)[nH]1. The molecule has 1 amide bonds. The molecule has 21 heavy (non-hydrogen) atoms. The lowest BCUT2D eigenvalue weighted by Gasteiger charge is -2.34. The summed E-state index contributed by atoms with van der Waals surface area (Å²) in [5.41, 5.74) is 0.833. The molecule has 0 bridgehead atoms. The zero-order valence-corrected chi connectivity index (χ0v) is 12.7. The van der Waals surface area contributed by atoms with Gasteiger partial charge in [-0.05, 0) is 50.7 Å². The van der Waals surface area contributed by atoms with Crippen molar-refractivity contribution in [2.45, 2.75) is 57.9 Å². The van der Waals surface area contributed by atoms with Gasteiger partial charge in [0.25, 0.3) is 11.5 Å². The molecule has 2 heterocycles. The second-order valence-corrected chi connectivity index (χ2v) is 6.49. The number of rotatable bonds is 2. The average Bonchev–Trinajstić information content (AvgIpc) is 2.97. The number of nitrogens with zero attached hydrogens (tertiary/aromatic N) is 1. The van der Waals surface area contributed by atoms with Crippen molar-refractivity contribution in [1.82, 2.24) is 9.88 Å². The Balaban J connectivity index is 1.80. The number of carbonyl (C=O) groups is 1. The molecule has 114 valence electrons. The highest BCUT2D eigenvalue weighted by Crippen LogP contribution is 2.34. The monoisotopic (exact) mass is 288 g/mol. The Hall–Kier alpha value is -1.58. The number of aromatic nitrogens is 1. The van der Waals surface area contributed by atoms with Crippen molar-refractivity contribution in [2.75, 3.05) is 6.54 Å². The molecule has 4 heteroatoms. The van der Waals surface area contributed by atoms with Crippen LogP contribution in [0.25, 0.3) is 0 Å². The number of nitrogens with one attached hydrogen (secondary N) is 1. The van der Waals surface area contributed by atoms with Crippen molar-refractivity contribution in [1.29, 1.82) is 0 Å². The van der Waals surface area contributed by atoms with Crippen LogP contribution in [0.15, 0.2) is 16.9 Å². The molecule has 1 atom stereocenters. The zero-order chi connectivity index (χ0) is 14.8. The molecule has 0 radical (unpaired) electrons. The summed E-state index contributed by atoms with van der Waals surface area (Å²) < 4.78 is 0. The lowest BCUT2D eigenvalue weighted by atomic mass is 9.83. The minimum Gasteiger partial charge on any atom is -0.335 e. The van der Waals surface area contributed by atoms with E-state index in [1.165, 1.54) is 32.1 Å². The van der Waals surface area contributed by atoms with Gasteiger partial charge >= 0.3 is 0 Å². The third-order valence-corrected chi connectivity index (χ3v) is 5.04. The van der Waals surface area contributed by atoms with E-state index in [0.29, 0.717) is 17.5 Å². The van der Waals surface area contributed by atoms with Crippen molar-refractivity contribution in [3.63, 3.8) is 0 Å². The van der Waals surface area contributed by atoms with Gasteiger partial charge in [-0.2, -0.15) is 0 Å². The Morgan fingerprint density at radius 1 is 1.14 bits per heavy atom. The van der Waals surface area contributed by atoms with Crippen molar-refractivity contribution in [3.05, 3.63) is 33.7 Å². The Labute approximate surface area is 125 Å². The highest BCUT2D eigenvalue weighted by molar-refractivity contribution is 5.94. The minimum absolute atomic E-state index is 0.0793. The molecular weight excluding hydrogens is 264 g/mol. The molecule has 3 rings (SSSR count). The molecule has 1 aliphatic heterocycles. The van der Waals surface area contributed by atoms with Crippen molar-refractivity contribution >= 4 is 5.91 Å². The van der Waals surface area contributed by atoms with Crippen LogP contribution in [-0.2, 0) is 0 Å². The number of amides is 1. The third kappa shape index (κ3) is 2.89. The first-order valence-electron chi connectivity index (χ1n) is 8.18. The van der Waals surface area contributed by atoms with Gasteiger partial charge in [0.1, 0.15) is 5.56 Å². The van der Waals surface area contributed by atoms with Gasteiger partial charge in [-0.15, -0.1) is 0 Å². The number of hydrogen-bond donors (Lipinski definition) is 1. The van der Waals surface area contributed by atoms with E-state index < -0.39 is 0 Å². The lowest BCUT2D eigenvalue weighted by Crippen LogP contribution is -2.42. The zero-order valence-electron chi connectivity index (χ0n) is 12.7. The Morgan fingerprint density at radius 3 is 2.62 bits per heavy atom. The molecule has 1 aliphatic carbocycles. The first kappa shape index (κ1) is 14.4. The predicted octanol–water partition coefficient (Wildman–Crippen LogP) is 2.87. The maximum Gasteiger partial charge on any atom is 0.260 e. The van der Waals surface area contributed by atoms with E-state index in [9.17, 15) is 9.59 Å². The molecule has 1 saturated heterocycles. The number of carbonyl (C=O) groups excluding carboxylic acids is 1. The number of hydrogen-bond acceptors (Lipinski definition) is 2. The van der Waals surface area contributed by atoms with Gasteiger partial charge in [-0.25, -0.2) is 0 Å². The van der Waals surface area contributed by atoms with Crippen LogP contribution in [0.3, 0.4) is 0 Å². The van der Waals surface area contributed by atoms with Gasteiger partial charge in [0, 0.05) is 18.3 Å². The quantitative estimate of drug-likeness (QED) is 0.909. The lowest BCUT2D eigenvalue weighted by molar-refractivity contribution is 0.0659. The minimum atomic E-state index is -0.255. The summed E-state index contributed by atoms with van der Waals surface area (Å²) in [5, 5.41) is 0. The molecule has 4 nitrogen and oxygen atoms in total. The number of aryl methyl sites for hydroxylation is 1. The van der Waals surface area contributed by atoms with Gasteiger partial charge in [-0.3, -0.25) is 9.59 Å². The van der Waals surface area contributed by atoms with Gasteiger partial charge in [0.05, 0.1) is 0 Å². The summed E-state index contributed by atoms with van der Waals surface area (Å²) in [6.45, 7) is 2.63. The fourth-order valence-corrected chi connectivity index (χ4v) is 3.95. The summed E-state index contributed by atoms with van der Waals surface area (Å²) in [7, 11) is 0. The molecule has 2 fully saturated rings. The fraction of sp³-hybridized carbons (Fsp3) is 0.647. The molecule has 0 spiro atoms. The van der Waals surface area contributed by atoms with E-state index in [-0.39, 0.29) is 11.5 Å². The standard InChI is InChI=1S/C17H24N2O2/c1-12-9-10-14(16(20)18-12)17(21)19-11-5-8-15(19)13-6-3-2-4-7-13/h9-10,13,15H,2-8,11H2,1H3,(H,18,20)/t15-/m0/s1. The maximum absolute atomic E-state index is 12.7. The molecule has 2 aliphatic rings. The highest BCUT2D eigenvalue weighted by Gasteiger charge is 2.36. The molecule has 0 aromatic carbocycles. The van der Waals surface area contributed by atoms with Crippen molar-refractivity contribution in [2.24, 2.45) is 5.92 Å². The highest BCUT2D eigenvalue weighted by atomic mass is 16.2. The number of H-pyrrole nitrogens is 1. The maximum atomic E-state index is 12.7. The van der Waals surface area contributed by atoms with Crippen LogP contribution >= 0.6 is 0 Å². The molecule has 1 aromatic rings. The van der Waals surface area contributed by atoms with Gasteiger partial charge in [0.15, 0.2) is 0 Å². The number of aromatic amines is 1. The van der Waals surface area contributed by atoms with E-state index >= 15 is 0 Å². The molecule has 1 N–H and O–H groups in total. The Kier molecular flexibility index (Phi) is 4.13. The molecule has 1 saturated carbocycles. The largest absolute Gasteiger partial charge is 0.335 e. The molecule has 1 aromatic heterocycles. The van der Waals surface area contributed by atoms with E-state index in [2.05, 4.69) is 4.98 Å².